The second kappa shape index (κ2) is 9.75. The lowest BCUT2D eigenvalue weighted by molar-refractivity contribution is -0.123. The van der Waals surface area contributed by atoms with E-state index in [2.05, 4.69) is 42.7 Å². The van der Waals surface area contributed by atoms with Crippen molar-refractivity contribution in [3.63, 3.8) is 0 Å². The summed E-state index contributed by atoms with van der Waals surface area (Å²) in [5.74, 6) is 0.340. The quantitative estimate of drug-likeness (QED) is 0.585. The van der Waals surface area contributed by atoms with E-state index < -0.39 is 11.8 Å². The van der Waals surface area contributed by atoms with Gasteiger partial charge < -0.3 is 9.47 Å². The fourth-order valence-electron chi connectivity index (χ4n) is 2.20. The molecule has 0 saturated carbocycles. The zero-order chi connectivity index (χ0) is 20.0. The number of carbonyl (C=O) groups excluding carboxylic acids is 2. The van der Waals surface area contributed by atoms with Crippen LogP contribution in [0.2, 0.25) is 0 Å². The number of aryl methyl sites for hydroxylation is 1. The highest BCUT2D eigenvalue weighted by Crippen LogP contribution is 2.32. The highest BCUT2D eigenvalue weighted by molar-refractivity contribution is 9.11. The standard InChI is InChI=1S/C19H20Br2N2O4/c1-11(2)27-15-6-4-13(5-7-15)19(25)23-22-17(24)10-26-18-12(3)8-14(20)9-16(18)21/h4-9,11H,10H2,1-3H3,(H,22,24)(H,23,25). The maximum atomic E-state index is 12.1. The molecule has 27 heavy (non-hydrogen) atoms. The molecule has 0 aromatic heterocycles. The monoisotopic (exact) mass is 498 g/mol. The van der Waals surface area contributed by atoms with Crippen molar-refractivity contribution in [1.29, 1.82) is 0 Å². The molecule has 0 aliphatic rings. The average Bonchev–Trinajstić information content (AvgIpc) is 2.58. The fraction of sp³-hybridized carbons (Fsp3) is 0.263. The molecule has 8 heteroatoms. The van der Waals surface area contributed by atoms with Crippen molar-refractivity contribution in [2.75, 3.05) is 6.61 Å². The molecule has 0 heterocycles. The first kappa shape index (κ1) is 21.2. The summed E-state index contributed by atoms with van der Waals surface area (Å²) in [6.45, 7) is 5.48. The predicted molar refractivity (Wildman–Crippen MR) is 110 cm³/mol. The van der Waals surface area contributed by atoms with Crippen molar-refractivity contribution < 1.29 is 19.1 Å². The fourth-order valence-corrected chi connectivity index (χ4v) is 3.75. The Bertz CT molecular complexity index is 800. The largest absolute Gasteiger partial charge is 0.491 e. The Morgan fingerprint density at radius 1 is 1.07 bits per heavy atom. The van der Waals surface area contributed by atoms with Crippen LogP contribution in [-0.4, -0.2) is 24.5 Å². The van der Waals surface area contributed by atoms with E-state index in [4.69, 9.17) is 9.47 Å². The van der Waals surface area contributed by atoms with Crippen molar-refractivity contribution in [2.45, 2.75) is 26.9 Å². The van der Waals surface area contributed by atoms with Gasteiger partial charge in [0.1, 0.15) is 11.5 Å². The highest BCUT2D eigenvalue weighted by atomic mass is 79.9. The van der Waals surface area contributed by atoms with E-state index in [-0.39, 0.29) is 12.7 Å². The molecule has 0 fully saturated rings. The Morgan fingerprint density at radius 2 is 1.74 bits per heavy atom. The minimum absolute atomic E-state index is 0.0540. The van der Waals surface area contributed by atoms with Crippen molar-refractivity contribution >= 4 is 43.7 Å². The minimum atomic E-state index is -0.475. The summed E-state index contributed by atoms with van der Waals surface area (Å²) in [7, 11) is 0. The van der Waals surface area contributed by atoms with Gasteiger partial charge in [-0.3, -0.25) is 20.4 Å². The van der Waals surface area contributed by atoms with Gasteiger partial charge in [-0.1, -0.05) is 15.9 Å². The molecular formula is C19H20Br2N2O4. The van der Waals surface area contributed by atoms with E-state index in [9.17, 15) is 9.59 Å². The van der Waals surface area contributed by atoms with E-state index in [0.29, 0.717) is 17.1 Å². The van der Waals surface area contributed by atoms with Crippen molar-refractivity contribution in [3.8, 4) is 11.5 Å². The Kier molecular flexibility index (Phi) is 7.67. The van der Waals surface area contributed by atoms with Gasteiger partial charge in [-0.05, 0) is 78.7 Å². The van der Waals surface area contributed by atoms with Gasteiger partial charge in [0.05, 0.1) is 10.6 Å². The first-order valence-electron chi connectivity index (χ1n) is 8.20. The number of hydrazine groups is 1. The molecular weight excluding hydrogens is 480 g/mol. The molecule has 0 unspecified atom stereocenters. The Labute approximate surface area is 174 Å². The van der Waals surface area contributed by atoms with Crippen LogP contribution in [0.1, 0.15) is 29.8 Å². The van der Waals surface area contributed by atoms with Gasteiger partial charge in [0.25, 0.3) is 11.8 Å². The Hall–Kier alpha value is -2.06. The molecule has 0 radical (unpaired) electrons. The molecule has 2 aromatic carbocycles. The van der Waals surface area contributed by atoms with Gasteiger partial charge >= 0.3 is 0 Å². The molecule has 2 rings (SSSR count). The molecule has 2 aromatic rings. The van der Waals surface area contributed by atoms with E-state index in [1.165, 1.54) is 0 Å². The third-order valence-electron chi connectivity index (χ3n) is 3.35. The van der Waals surface area contributed by atoms with Crippen molar-refractivity contribution in [2.24, 2.45) is 0 Å². The number of nitrogens with one attached hydrogen (secondary N) is 2. The smallest absolute Gasteiger partial charge is 0.276 e. The average molecular weight is 500 g/mol. The molecule has 0 spiro atoms. The number of amides is 2. The first-order valence-corrected chi connectivity index (χ1v) is 9.79. The normalized spacial score (nSPS) is 10.4. The van der Waals surface area contributed by atoms with E-state index >= 15 is 0 Å². The molecule has 0 aliphatic carbocycles. The zero-order valence-corrected chi connectivity index (χ0v) is 18.3. The summed E-state index contributed by atoms with van der Waals surface area (Å²) < 4.78 is 12.7. The van der Waals surface area contributed by atoms with Crippen LogP contribution < -0.4 is 20.3 Å². The zero-order valence-electron chi connectivity index (χ0n) is 15.1. The van der Waals surface area contributed by atoms with Crippen LogP contribution in [0, 0.1) is 6.92 Å². The summed E-state index contributed by atoms with van der Waals surface area (Å²) in [5.41, 5.74) is 5.96. The van der Waals surface area contributed by atoms with Gasteiger partial charge in [0, 0.05) is 10.0 Å². The lowest BCUT2D eigenvalue weighted by Gasteiger charge is -2.13. The molecule has 144 valence electrons. The molecule has 0 atom stereocenters. The molecule has 0 aliphatic heterocycles. The third kappa shape index (κ3) is 6.55. The third-order valence-corrected chi connectivity index (χ3v) is 4.39. The molecule has 6 nitrogen and oxygen atoms in total. The predicted octanol–water partition coefficient (Wildman–Crippen LogP) is 4.15. The van der Waals surface area contributed by atoms with Crippen molar-refractivity contribution in [1.82, 2.24) is 10.9 Å². The van der Waals surface area contributed by atoms with Crippen LogP contribution in [0.3, 0.4) is 0 Å². The lowest BCUT2D eigenvalue weighted by atomic mass is 10.2. The second-order valence-corrected chi connectivity index (χ2v) is 7.79. The van der Waals surface area contributed by atoms with Crippen LogP contribution in [0.4, 0.5) is 0 Å². The number of hydrogen-bond acceptors (Lipinski definition) is 4. The minimum Gasteiger partial charge on any atom is -0.491 e. The Morgan fingerprint density at radius 3 is 2.33 bits per heavy atom. The number of carbonyl (C=O) groups is 2. The van der Waals surface area contributed by atoms with Crippen molar-refractivity contribution in [3.05, 3.63) is 56.5 Å². The van der Waals surface area contributed by atoms with E-state index in [0.717, 1.165) is 14.5 Å². The van der Waals surface area contributed by atoms with Gasteiger partial charge in [-0.25, -0.2) is 0 Å². The highest BCUT2D eigenvalue weighted by Gasteiger charge is 2.11. The lowest BCUT2D eigenvalue weighted by Crippen LogP contribution is -2.43. The summed E-state index contributed by atoms with van der Waals surface area (Å²) in [4.78, 5) is 24.0. The van der Waals surface area contributed by atoms with E-state index in [1.807, 2.05) is 32.9 Å². The summed E-state index contributed by atoms with van der Waals surface area (Å²) in [6, 6.07) is 10.4. The maximum Gasteiger partial charge on any atom is 0.276 e. The maximum absolute atomic E-state index is 12.1. The Balaban J connectivity index is 1.84. The summed E-state index contributed by atoms with van der Waals surface area (Å²) in [5, 5.41) is 0. The molecule has 2 amide bonds. The SMILES string of the molecule is Cc1cc(Br)cc(Br)c1OCC(=O)NNC(=O)c1ccc(OC(C)C)cc1. The van der Waals surface area contributed by atoms with Crippen LogP contribution in [-0.2, 0) is 4.79 Å². The van der Waals surface area contributed by atoms with E-state index in [1.54, 1.807) is 24.3 Å². The van der Waals surface area contributed by atoms with Gasteiger partial charge in [0.2, 0.25) is 0 Å². The van der Waals surface area contributed by atoms with Gasteiger partial charge in [-0.15, -0.1) is 0 Å². The van der Waals surface area contributed by atoms with Crippen LogP contribution in [0.15, 0.2) is 45.3 Å². The summed E-state index contributed by atoms with van der Waals surface area (Å²) in [6.07, 6.45) is 0.0540. The molecule has 2 N–H and O–H groups in total. The number of ether oxygens (including phenoxy) is 2. The number of benzene rings is 2. The van der Waals surface area contributed by atoms with Gasteiger partial charge in [0.15, 0.2) is 6.61 Å². The number of halogens is 2. The van der Waals surface area contributed by atoms with Gasteiger partial charge in [-0.2, -0.15) is 0 Å². The second-order valence-electron chi connectivity index (χ2n) is 6.02. The number of hydrogen-bond donors (Lipinski definition) is 2. The number of rotatable bonds is 6. The van der Waals surface area contributed by atoms with Crippen LogP contribution >= 0.6 is 31.9 Å². The molecule has 0 saturated heterocycles. The van der Waals surface area contributed by atoms with Crippen LogP contribution in [0.5, 0.6) is 11.5 Å². The summed E-state index contributed by atoms with van der Waals surface area (Å²) >= 11 is 6.78. The first-order chi connectivity index (χ1) is 12.8. The molecule has 0 bridgehead atoms. The topological polar surface area (TPSA) is 76.7 Å². The van der Waals surface area contributed by atoms with Crippen LogP contribution in [0.25, 0.3) is 0 Å².